The SMILES string of the molecule is CC1[C-]=CC(C(C)(C)C)=C1.Cc1cc2c(c(C)c1C)C(C)c1c3c(c4ccccc4c1-2)C(C)C(C)C(C)[C-]3C.[Cl-].[Cl-].[Zr+2]=[CH]Cc1ccccc1. The second-order valence-electron chi connectivity index (χ2n) is 15.7. The molecular weight excluding hydrogens is 727 g/mol. The molecule has 4 aromatic carbocycles. The van der Waals surface area contributed by atoms with Gasteiger partial charge in [0.25, 0.3) is 0 Å². The van der Waals surface area contributed by atoms with E-state index in [4.69, 9.17) is 0 Å². The van der Waals surface area contributed by atoms with E-state index in [1.54, 1.807) is 28.2 Å². The molecule has 0 fully saturated rings. The summed E-state index contributed by atoms with van der Waals surface area (Å²) in [6, 6.07) is 22.2. The van der Waals surface area contributed by atoms with Gasteiger partial charge in [-0.05, 0) is 59.9 Å². The van der Waals surface area contributed by atoms with Crippen LogP contribution in [0.4, 0.5) is 0 Å². The van der Waals surface area contributed by atoms with E-state index in [0.717, 1.165) is 6.42 Å². The summed E-state index contributed by atoms with van der Waals surface area (Å²) < 4.78 is 2.25. The average molecular weight is 783 g/mol. The number of allylic oxidation sites excluding steroid dienone is 4. The molecule has 0 spiro atoms. The molecule has 264 valence electrons. The molecule has 0 saturated carbocycles. The summed E-state index contributed by atoms with van der Waals surface area (Å²) in [5, 5.41) is 2.93. The Morgan fingerprint density at radius 1 is 0.800 bits per heavy atom. The van der Waals surface area contributed by atoms with E-state index < -0.39 is 0 Å². The van der Waals surface area contributed by atoms with Crippen molar-refractivity contribution in [1.82, 2.24) is 0 Å². The third-order valence-electron chi connectivity index (χ3n) is 11.7. The predicted octanol–water partition coefficient (Wildman–Crippen LogP) is 6.78. The van der Waals surface area contributed by atoms with E-state index in [2.05, 4.69) is 160 Å². The Morgan fingerprint density at radius 2 is 1.40 bits per heavy atom. The van der Waals surface area contributed by atoms with Crippen LogP contribution in [0.25, 0.3) is 21.9 Å². The van der Waals surface area contributed by atoms with Gasteiger partial charge in [0, 0.05) is 0 Å². The van der Waals surface area contributed by atoms with Crippen LogP contribution in [0.3, 0.4) is 0 Å². The number of benzene rings is 4. The summed E-state index contributed by atoms with van der Waals surface area (Å²) in [5.74, 6) is 4.46. The van der Waals surface area contributed by atoms with Gasteiger partial charge >= 0.3 is 70.3 Å². The zero-order valence-corrected chi connectivity index (χ0v) is 36.3. The van der Waals surface area contributed by atoms with Crippen LogP contribution in [0.1, 0.15) is 119 Å². The molecule has 0 saturated heterocycles. The second-order valence-corrected chi connectivity index (χ2v) is 16.7. The molecule has 5 unspecified atom stereocenters. The normalized spacial score (nSPS) is 21.3. The standard InChI is InChI=1S/C29H33.C10H15.C8H8.2ClH.Zr/c1-14-13-24-25(18(5)15(14)2)21(8)28-27-20(7)17(4)16(3)19(6)26(27)22-11-9-10-12-23(22)29(24)28;1-8-5-6-9(7-8)10(2,3)4;1-2-8-6-4-3-5-7-8;;;/h9-13,16-17,19,21H,1-8H3;6-8H,1-4H3;1,3-7H,2H2;2*1H;/q2*-1;;;;+2/p-2. The molecule has 4 aromatic rings. The van der Waals surface area contributed by atoms with Crippen LogP contribution < -0.4 is 24.8 Å². The molecule has 0 heterocycles. The van der Waals surface area contributed by atoms with E-state index in [-0.39, 0.29) is 24.8 Å². The van der Waals surface area contributed by atoms with Crippen LogP contribution in [-0.4, -0.2) is 3.71 Å². The molecule has 0 N–H and O–H groups in total. The Labute approximate surface area is 331 Å². The molecule has 3 heteroatoms. The first-order valence-electron chi connectivity index (χ1n) is 18.1. The molecule has 3 aliphatic rings. The van der Waals surface area contributed by atoms with Gasteiger partial charge in [-0.25, -0.2) is 6.08 Å². The Morgan fingerprint density at radius 3 is 1.94 bits per heavy atom. The Bertz CT molecular complexity index is 1870. The number of aryl methyl sites for hydroxylation is 1. The molecule has 3 aliphatic carbocycles. The fourth-order valence-electron chi connectivity index (χ4n) is 8.22. The quantitative estimate of drug-likeness (QED) is 0.197. The van der Waals surface area contributed by atoms with Gasteiger partial charge < -0.3 is 24.8 Å². The van der Waals surface area contributed by atoms with Crippen molar-refractivity contribution in [2.75, 3.05) is 0 Å². The summed E-state index contributed by atoms with van der Waals surface area (Å²) in [6.45, 7) is 27.9. The third kappa shape index (κ3) is 8.07. The van der Waals surface area contributed by atoms with Gasteiger partial charge in [0.15, 0.2) is 0 Å². The minimum atomic E-state index is 0. The van der Waals surface area contributed by atoms with Crippen LogP contribution >= 0.6 is 0 Å². The first kappa shape index (κ1) is 42.2. The minimum absolute atomic E-state index is 0. The number of halogens is 2. The van der Waals surface area contributed by atoms with Gasteiger partial charge in [-0.1, -0.05) is 133 Å². The Balaban J connectivity index is 0.000000265. The number of fused-ring (bicyclic) bond motifs is 8. The molecule has 7 rings (SSSR count). The summed E-state index contributed by atoms with van der Waals surface area (Å²) in [7, 11) is 0. The van der Waals surface area contributed by atoms with Crippen molar-refractivity contribution in [1.29, 1.82) is 0 Å². The maximum atomic E-state index is 3.26. The molecule has 5 atom stereocenters. The molecule has 0 radical (unpaired) electrons. The van der Waals surface area contributed by atoms with Crippen LogP contribution in [0.15, 0.2) is 78.4 Å². The predicted molar refractivity (Wildman–Crippen MR) is 207 cm³/mol. The monoisotopic (exact) mass is 780 g/mol. The third-order valence-corrected chi connectivity index (χ3v) is 12.2. The Kier molecular flexibility index (Phi) is 14.4. The van der Waals surface area contributed by atoms with E-state index in [0.29, 0.717) is 35.0 Å². The Hall–Kier alpha value is -2.18. The van der Waals surface area contributed by atoms with Gasteiger partial charge in [-0.3, -0.25) is 6.08 Å². The van der Waals surface area contributed by atoms with Crippen molar-refractivity contribution in [3.63, 3.8) is 0 Å². The van der Waals surface area contributed by atoms with E-state index in [1.165, 1.54) is 74.0 Å². The molecular formula is C47H56Cl2Zr-2. The van der Waals surface area contributed by atoms with E-state index >= 15 is 0 Å². The summed E-state index contributed by atoms with van der Waals surface area (Å²) in [4.78, 5) is 0. The fourth-order valence-corrected chi connectivity index (χ4v) is 8.80. The maximum absolute atomic E-state index is 3.26. The van der Waals surface area contributed by atoms with Crippen LogP contribution in [0.2, 0.25) is 0 Å². The van der Waals surface area contributed by atoms with Crippen molar-refractivity contribution in [3.8, 4) is 11.1 Å². The molecule has 0 amide bonds. The van der Waals surface area contributed by atoms with Crippen LogP contribution in [-0.2, 0) is 30.7 Å². The fraction of sp³-hybridized carbons (Fsp3) is 0.404. The number of rotatable bonds is 2. The summed E-state index contributed by atoms with van der Waals surface area (Å²) in [6.07, 6.45) is 8.78. The molecule has 0 aliphatic heterocycles. The van der Waals surface area contributed by atoms with E-state index in [9.17, 15) is 0 Å². The topological polar surface area (TPSA) is 0 Å². The first-order valence-corrected chi connectivity index (χ1v) is 19.5. The van der Waals surface area contributed by atoms with Gasteiger partial charge in [-0.2, -0.15) is 23.1 Å². The van der Waals surface area contributed by atoms with Crippen molar-refractivity contribution in [2.45, 2.75) is 101 Å². The van der Waals surface area contributed by atoms with Crippen molar-refractivity contribution in [3.05, 3.63) is 135 Å². The number of hydrogen-bond acceptors (Lipinski definition) is 0. The average Bonchev–Trinajstić information content (AvgIpc) is 3.63. The van der Waals surface area contributed by atoms with Crippen LogP contribution in [0, 0.1) is 55.9 Å². The zero-order valence-electron chi connectivity index (χ0n) is 32.4. The number of hydrogen-bond donors (Lipinski definition) is 0. The van der Waals surface area contributed by atoms with Gasteiger partial charge in [0.2, 0.25) is 0 Å². The van der Waals surface area contributed by atoms with Gasteiger partial charge in [-0.15, -0.1) is 11.1 Å². The van der Waals surface area contributed by atoms with Crippen molar-refractivity contribution in [2.24, 2.45) is 23.2 Å². The van der Waals surface area contributed by atoms with E-state index in [1.807, 2.05) is 6.07 Å². The second kappa shape index (κ2) is 17.1. The zero-order chi connectivity index (χ0) is 35.1. The van der Waals surface area contributed by atoms with Gasteiger partial charge in [0.1, 0.15) is 0 Å². The molecule has 0 aromatic heterocycles. The van der Waals surface area contributed by atoms with Gasteiger partial charge in [0.05, 0.1) is 0 Å². The molecule has 50 heavy (non-hydrogen) atoms. The molecule has 0 nitrogen and oxygen atoms in total. The van der Waals surface area contributed by atoms with Crippen molar-refractivity contribution < 1.29 is 49.0 Å². The van der Waals surface area contributed by atoms with Crippen LogP contribution in [0.5, 0.6) is 0 Å². The van der Waals surface area contributed by atoms with Crippen molar-refractivity contribution >= 4 is 14.5 Å². The molecule has 0 bridgehead atoms. The first-order chi connectivity index (χ1) is 22.7. The summed E-state index contributed by atoms with van der Waals surface area (Å²) >= 11 is 1.51. The summed E-state index contributed by atoms with van der Waals surface area (Å²) in [5.41, 5.74) is 16.9.